The topological polar surface area (TPSA) is 130 Å². The number of halogens is 2. The Labute approximate surface area is 232 Å². The van der Waals surface area contributed by atoms with Gasteiger partial charge < -0.3 is 14.8 Å². The first-order valence-corrected chi connectivity index (χ1v) is 12.9. The lowest BCUT2D eigenvalue weighted by molar-refractivity contribution is -0.136. The van der Waals surface area contributed by atoms with Gasteiger partial charge in [0.25, 0.3) is 0 Å². The summed E-state index contributed by atoms with van der Waals surface area (Å²) in [4.78, 5) is 38.1. The van der Waals surface area contributed by atoms with E-state index in [4.69, 9.17) is 32.7 Å². The lowest BCUT2D eigenvalue weighted by Gasteiger charge is -2.10. The normalized spacial score (nSPS) is 12.4. The highest BCUT2D eigenvalue weighted by Crippen LogP contribution is 2.37. The third kappa shape index (κ3) is 6.14. The number of aryl methyl sites for hydroxylation is 1. The van der Waals surface area contributed by atoms with Gasteiger partial charge in [0.05, 0.1) is 34.5 Å². The number of benzene rings is 2. The third-order valence-electron chi connectivity index (χ3n) is 5.64. The van der Waals surface area contributed by atoms with Crippen LogP contribution in [0.3, 0.4) is 0 Å². The Balaban J connectivity index is 1.37. The molecule has 1 aliphatic rings. The molecule has 12 heteroatoms. The molecule has 38 heavy (non-hydrogen) atoms. The molecule has 0 saturated carbocycles. The van der Waals surface area contributed by atoms with Crippen molar-refractivity contribution in [2.75, 3.05) is 12.4 Å². The van der Waals surface area contributed by atoms with E-state index in [1.807, 2.05) is 0 Å². The maximum absolute atomic E-state index is 12.5. The molecule has 1 aliphatic carbocycles. The van der Waals surface area contributed by atoms with Crippen LogP contribution in [-0.2, 0) is 22.4 Å². The molecule has 2 amide bonds. The molecular weight excluding hydrogens is 551 g/mol. The van der Waals surface area contributed by atoms with E-state index in [9.17, 15) is 19.6 Å². The summed E-state index contributed by atoms with van der Waals surface area (Å²) < 4.78 is 10.7. The van der Waals surface area contributed by atoms with E-state index in [2.05, 4.69) is 21.9 Å². The summed E-state index contributed by atoms with van der Waals surface area (Å²) in [6.45, 7) is 0. The zero-order chi connectivity index (χ0) is 27.2. The highest BCUT2D eigenvalue weighted by molar-refractivity contribution is 7.16. The van der Waals surface area contributed by atoms with Crippen LogP contribution in [-0.4, -0.2) is 31.1 Å². The monoisotopic (exact) mass is 570 g/mol. The number of hydrogen-bond donors (Lipinski definition) is 2. The van der Waals surface area contributed by atoms with E-state index in [-0.39, 0.29) is 22.1 Å². The number of anilines is 1. The van der Waals surface area contributed by atoms with Crippen molar-refractivity contribution in [1.29, 1.82) is 5.26 Å². The Bertz CT molecular complexity index is 1500. The summed E-state index contributed by atoms with van der Waals surface area (Å²) >= 11 is 13.2. The average Bonchev–Trinajstić information content (AvgIpc) is 3.27. The molecule has 2 aromatic carbocycles. The number of rotatable bonds is 6. The number of thiophene rings is 1. The highest BCUT2D eigenvalue weighted by atomic mass is 35.5. The van der Waals surface area contributed by atoms with Gasteiger partial charge in [-0.2, -0.15) is 10.4 Å². The van der Waals surface area contributed by atoms with Crippen molar-refractivity contribution < 1.29 is 23.9 Å². The van der Waals surface area contributed by atoms with Crippen LogP contribution in [0.2, 0.25) is 10.0 Å². The Kier molecular flexibility index (Phi) is 8.63. The number of ether oxygens (including phenoxy) is 2. The Morgan fingerprint density at radius 3 is 2.58 bits per heavy atom. The summed E-state index contributed by atoms with van der Waals surface area (Å²) in [5.41, 5.74) is 4.23. The van der Waals surface area contributed by atoms with Crippen LogP contribution in [0.5, 0.6) is 11.5 Å². The number of methoxy groups -OCH3 is 1. The second kappa shape index (κ2) is 12.1. The van der Waals surface area contributed by atoms with Crippen LogP contribution in [0.4, 0.5) is 5.00 Å². The first-order chi connectivity index (χ1) is 18.3. The predicted octanol–water partition coefficient (Wildman–Crippen LogP) is 5.12. The summed E-state index contributed by atoms with van der Waals surface area (Å²) in [5.74, 6) is -2.20. The fourth-order valence-electron chi connectivity index (χ4n) is 3.78. The minimum atomic E-state index is -0.990. The third-order valence-corrected chi connectivity index (χ3v) is 7.59. The van der Waals surface area contributed by atoms with Crippen LogP contribution in [0.1, 0.15) is 44.8 Å². The van der Waals surface area contributed by atoms with Crippen molar-refractivity contribution in [1.82, 2.24) is 5.43 Å². The molecule has 0 fully saturated rings. The molecule has 2 N–H and O–H groups in total. The van der Waals surface area contributed by atoms with Crippen LogP contribution >= 0.6 is 34.5 Å². The minimum absolute atomic E-state index is 0.149. The van der Waals surface area contributed by atoms with E-state index >= 15 is 0 Å². The number of fused-ring (bicyclic) bond motifs is 1. The molecular formula is C26H20Cl2N4O5S. The van der Waals surface area contributed by atoms with Crippen molar-refractivity contribution in [2.45, 2.75) is 25.7 Å². The molecule has 1 heterocycles. The SMILES string of the molecule is COc1cc(/C=N\NC(=O)C(=O)Nc2sc3c(c2C#N)CCCC3)ccc1OC(=O)c1ccc(Cl)c(Cl)c1. The Hall–Kier alpha value is -3.91. The molecule has 194 valence electrons. The van der Waals surface area contributed by atoms with Crippen LogP contribution in [0.15, 0.2) is 41.5 Å². The molecule has 0 spiro atoms. The van der Waals surface area contributed by atoms with Gasteiger partial charge in [0, 0.05) is 4.88 Å². The number of nitriles is 1. The number of hydrazone groups is 1. The quantitative estimate of drug-likeness (QED) is 0.139. The van der Waals surface area contributed by atoms with Crippen molar-refractivity contribution >= 4 is 63.5 Å². The van der Waals surface area contributed by atoms with Gasteiger partial charge in [-0.25, -0.2) is 10.2 Å². The van der Waals surface area contributed by atoms with Gasteiger partial charge >= 0.3 is 17.8 Å². The number of hydrogen-bond acceptors (Lipinski definition) is 8. The van der Waals surface area contributed by atoms with Crippen LogP contribution in [0, 0.1) is 11.3 Å². The zero-order valence-corrected chi connectivity index (χ0v) is 22.3. The van der Waals surface area contributed by atoms with E-state index in [0.29, 0.717) is 21.2 Å². The van der Waals surface area contributed by atoms with Crippen molar-refractivity contribution in [2.24, 2.45) is 5.10 Å². The molecule has 0 aliphatic heterocycles. The van der Waals surface area contributed by atoms with E-state index < -0.39 is 17.8 Å². The van der Waals surface area contributed by atoms with Gasteiger partial charge in [-0.3, -0.25) is 9.59 Å². The second-order valence-electron chi connectivity index (χ2n) is 8.11. The molecule has 4 rings (SSSR count). The summed E-state index contributed by atoms with van der Waals surface area (Å²) in [5, 5.41) is 16.7. The molecule has 0 unspecified atom stereocenters. The summed E-state index contributed by atoms with van der Waals surface area (Å²) in [6, 6.07) is 11.1. The number of esters is 1. The number of nitrogens with zero attached hydrogens (tertiary/aromatic N) is 2. The maximum atomic E-state index is 12.5. The van der Waals surface area contributed by atoms with Gasteiger partial charge in [-0.1, -0.05) is 23.2 Å². The maximum Gasteiger partial charge on any atom is 0.343 e. The van der Waals surface area contributed by atoms with Crippen LogP contribution in [0.25, 0.3) is 0 Å². The lowest BCUT2D eigenvalue weighted by atomic mass is 9.96. The highest BCUT2D eigenvalue weighted by Gasteiger charge is 2.23. The average molecular weight is 571 g/mol. The van der Waals surface area contributed by atoms with Crippen molar-refractivity contribution in [3.63, 3.8) is 0 Å². The van der Waals surface area contributed by atoms with Gasteiger partial charge in [-0.05, 0) is 73.2 Å². The van der Waals surface area contributed by atoms with Gasteiger partial charge in [0.2, 0.25) is 0 Å². The smallest absolute Gasteiger partial charge is 0.343 e. The fourth-order valence-corrected chi connectivity index (χ4v) is 5.31. The molecule has 0 bridgehead atoms. The molecule has 9 nitrogen and oxygen atoms in total. The van der Waals surface area contributed by atoms with E-state index in [0.717, 1.165) is 36.1 Å². The predicted molar refractivity (Wildman–Crippen MR) is 144 cm³/mol. The van der Waals surface area contributed by atoms with E-state index in [1.54, 1.807) is 6.07 Å². The molecule has 0 saturated heterocycles. The van der Waals surface area contributed by atoms with E-state index in [1.165, 1.54) is 55.0 Å². The fraction of sp³-hybridized carbons (Fsp3) is 0.192. The second-order valence-corrected chi connectivity index (χ2v) is 10.0. The van der Waals surface area contributed by atoms with Crippen molar-refractivity contribution in [3.05, 3.63) is 73.6 Å². The first-order valence-electron chi connectivity index (χ1n) is 11.3. The number of carbonyl (C=O) groups excluding carboxylic acids is 3. The van der Waals surface area contributed by atoms with Gasteiger partial charge in [0.15, 0.2) is 11.5 Å². The zero-order valence-electron chi connectivity index (χ0n) is 20.0. The number of amides is 2. The van der Waals surface area contributed by atoms with Crippen molar-refractivity contribution in [3.8, 4) is 17.6 Å². The lowest BCUT2D eigenvalue weighted by Crippen LogP contribution is -2.32. The van der Waals surface area contributed by atoms with Gasteiger partial charge in [-0.15, -0.1) is 11.3 Å². The standard InChI is InChI=1S/C26H20Cl2N4O5S/c1-36-21-10-14(6-9-20(21)37-26(35)15-7-8-18(27)19(28)11-15)13-30-32-24(34)23(33)31-25-17(12-29)16-4-2-3-5-22(16)38-25/h6-11,13H,2-5H2,1H3,(H,31,33)(H,32,34)/b30-13-. The molecule has 0 radical (unpaired) electrons. The summed E-state index contributed by atoms with van der Waals surface area (Å²) in [6.07, 6.45) is 4.97. The minimum Gasteiger partial charge on any atom is -0.493 e. The number of carbonyl (C=O) groups is 3. The Morgan fingerprint density at radius 2 is 1.84 bits per heavy atom. The molecule has 3 aromatic rings. The van der Waals surface area contributed by atoms with Crippen LogP contribution < -0.4 is 20.2 Å². The van der Waals surface area contributed by atoms with Gasteiger partial charge in [0.1, 0.15) is 11.1 Å². The molecule has 0 atom stereocenters. The largest absolute Gasteiger partial charge is 0.493 e. The molecule has 1 aromatic heterocycles. The Morgan fingerprint density at radius 1 is 1.05 bits per heavy atom. The first kappa shape index (κ1) is 27.1. The number of nitrogens with one attached hydrogen (secondary N) is 2. The summed E-state index contributed by atoms with van der Waals surface area (Å²) in [7, 11) is 1.40.